The van der Waals surface area contributed by atoms with Crippen LogP contribution in [-0.4, -0.2) is 7.05 Å². The first-order valence-corrected chi connectivity index (χ1v) is 7.59. The molecule has 1 atom stereocenters. The van der Waals surface area contributed by atoms with Crippen LogP contribution in [0.1, 0.15) is 27.6 Å². The van der Waals surface area contributed by atoms with E-state index in [1.165, 1.54) is 12.1 Å². The highest BCUT2D eigenvalue weighted by molar-refractivity contribution is 9.10. The lowest BCUT2D eigenvalue weighted by atomic mass is 9.99. The second-order valence-corrected chi connectivity index (χ2v) is 6.42. The van der Waals surface area contributed by atoms with E-state index in [9.17, 15) is 13.2 Å². The van der Waals surface area contributed by atoms with Crippen molar-refractivity contribution >= 4 is 27.3 Å². The van der Waals surface area contributed by atoms with Crippen molar-refractivity contribution in [1.29, 1.82) is 0 Å². The summed E-state index contributed by atoms with van der Waals surface area (Å²) in [6.45, 7) is 1.98. The molecule has 0 fully saturated rings. The normalized spacial score (nSPS) is 13.5. The largest absolute Gasteiger partial charge is 0.417 e. The van der Waals surface area contributed by atoms with Gasteiger partial charge in [-0.25, -0.2) is 0 Å². The average molecular weight is 364 g/mol. The number of nitrogens with one attached hydrogen (secondary N) is 1. The highest BCUT2D eigenvalue weighted by Crippen LogP contribution is 2.37. The van der Waals surface area contributed by atoms with Crippen LogP contribution in [0.15, 0.2) is 34.1 Å². The van der Waals surface area contributed by atoms with Crippen LogP contribution in [0, 0.1) is 6.92 Å². The van der Waals surface area contributed by atoms with E-state index in [4.69, 9.17) is 0 Å². The van der Waals surface area contributed by atoms with E-state index < -0.39 is 11.7 Å². The zero-order valence-electron chi connectivity index (χ0n) is 10.9. The Balaban J connectivity index is 2.46. The standard InChI is InChI=1S/C14H13BrF3NS/c1-8-5-10(7-20-8)13(19-2)9-3-4-12(15)11(6-9)14(16,17)18/h3-7,13,19H,1-2H3. The van der Waals surface area contributed by atoms with Gasteiger partial charge in [-0.15, -0.1) is 11.3 Å². The summed E-state index contributed by atoms with van der Waals surface area (Å²) in [5.74, 6) is 0. The van der Waals surface area contributed by atoms with E-state index in [2.05, 4.69) is 21.2 Å². The molecule has 0 radical (unpaired) electrons. The van der Waals surface area contributed by atoms with Crippen molar-refractivity contribution in [2.24, 2.45) is 0 Å². The van der Waals surface area contributed by atoms with Gasteiger partial charge < -0.3 is 5.32 Å². The molecule has 0 saturated heterocycles. The lowest BCUT2D eigenvalue weighted by Gasteiger charge is -2.18. The van der Waals surface area contributed by atoms with Crippen LogP contribution < -0.4 is 5.32 Å². The monoisotopic (exact) mass is 363 g/mol. The van der Waals surface area contributed by atoms with Gasteiger partial charge in [-0.1, -0.05) is 22.0 Å². The molecule has 0 spiro atoms. The minimum Gasteiger partial charge on any atom is -0.309 e. The Bertz CT molecular complexity index is 607. The molecule has 1 unspecified atom stereocenters. The molecule has 108 valence electrons. The minimum atomic E-state index is -4.36. The van der Waals surface area contributed by atoms with Crippen molar-refractivity contribution in [2.45, 2.75) is 19.1 Å². The Morgan fingerprint density at radius 3 is 2.40 bits per heavy atom. The first kappa shape index (κ1) is 15.5. The maximum absolute atomic E-state index is 13.0. The summed E-state index contributed by atoms with van der Waals surface area (Å²) in [6, 6.07) is 6.09. The van der Waals surface area contributed by atoms with Gasteiger partial charge in [0.05, 0.1) is 11.6 Å². The molecule has 1 nitrogen and oxygen atoms in total. The van der Waals surface area contributed by atoms with E-state index in [1.54, 1.807) is 24.5 Å². The molecule has 0 bridgehead atoms. The van der Waals surface area contributed by atoms with Crippen LogP contribution in [0.3, 0.4) is 0 Å². The molecule has 0 aliphatic carbocycles. The molecule has 0 aliphatic rings. The van der Waals surface area contributed by atoms with Crippen LogP contribution in [0.2, 0.25) is 0 Å². The fourth-order valence-electron chi connectivity index (χ4n) is 2.08. The van der Waals surface area contributed by atoms with Gasteiger partial charge in [0.15, 0.2) is 0 Å². The van der Waals surface area contributed by atoms with Gasteiger partial charge in [0, 0.05) is 9.35 Å². The van der Waals surface area contributed by atoms with Crippen LogP contribution >= 0.6 is 27.3 Å². The van der Waals surface area contributed by atoms with Crippen molar-refractivity contribution in [3.05, 3.63) is 55.7 Å². The second kappa shape index (κ2) is 5.87. The molecule has 2 aromatic rings. The van der Waals surface area contributed by atoms with Gasteiger partial charge >= 0.3 is 6.18 Å². The molecular weight excluding hydrogens is 351 g/mol. The summed E-state index contributed by atoms with van der Waals surface area (Å²) < 4.78 is 38.9. The molecule has 1 aromatic heterocycles. The highest BCUT2D eigenvalue weighted by Gasteiger charge is 2.33. The van der Waals surface area contributed by atoms with Crippen molar-refractivity contribution in [1.82, 2.24) is 5.32 Å². The summed E-state index contributed by atoms with van der Waals surface area (Å²) in [4.78, 5) is 1.13. The van der Waals surface area contributed by atoms with E-state index in [0.29, 0.717) is 5.56 Å². The first-order chi connectivity index (χ1) is 9.32. The maximum Gasteiger partial charge on any atom is 0.417 e. The van der Waals surface area contributed by atoms with Gasteiger partial charge in [0.2, 0.25) is 0 Å². The Labute approximate surface area is 128 Å². The van der Waals surface area contributed by atoms with E-state index in [-0.39, 0.29) is 10.5 Å². The summed E-state index contributed by atoms with van der Waals surface area (Å²) in [5.41, 5.74) is 0.925. The fraction of sp³-hybridized carbons (Fsp3) is 0.286. The summed E-state index contributed by atoms with van der Waals surface area (Å²) in [6.07, 6.45) is -4.36. The fourth-order valence-corrected chi connectivity index (χ4v) is 3.28. The van der Waals surface area contributed by atoms with Crippen molar-refractivity contribution < 1.29 is 13.2 Å². The molecule has 1 N–H and O–H groups in total. The highest BCUT2D eigenvalue weighted by atomic mass is 79.9. The summed E-state index contributed by atoms with van der Waals surface area (Å²) >= 11 is 4.54. The molecule has 0 aliphatic heterocycles. The molecular formula is C14H13BrF3NS. The van der Waals surface area contributed by atoms with Crippen LogP contribution in [0.4, 0.5) is 13.2 Å². The number of rotatable bonds is 3. The first-order valence-electron chi connectivity index (χ1n) is 5.92. The second-order valence-electron chi connectivity index (χ2n) is 4.45. The van der Waals surface area contributed by atoms with Gasteiger partial charge in [0.1, 0.15) is 0 Å². The van der Waals surface area contributed by atoms with E-state index >= 15 is 0 Å². The average Bonchev–Trinajstić information content (AvgIpc) is 2.77. The Kier molecular flexibility index (Phi) is 4.56. The molecule has 6 heteroatoms. The minimum absolute atomic E-state index is 0.0603. The van der Waals surface area contributed by atoms with E-state index in [1.807, 2.05) is 18.4 Å². The number of thiophene rings is 1. The predicted octanol–water partition coefficient (Wildman–Crippen LogP) is 5.15. The third kappa shape index (κ3) is 3.24. The van der Waals surface area contributed by atoms with Crippen molar-refractivity contribution in [3.63, 3.8) is 0 Å². The SMILES string of the molecule is CNC(c1csc(C)c1)c1ccc(Br)c(C(F)(F)F)c1. The molecule has 1 aromatic carbocycles. The molecule has 1 heterocycles. The van der Waals surface area contributed by atoms with Gasteiger partial charge in [-0.2, -0.15) is 13.2 Å². The third-order valence-corrected chi connectivity index (χ3v) is 4.57. The number of alkyl halides is 3. The molecule has 2 rings (SSSR count). The van der Waals surface area contributed by atoms with Gasteiger partial charge in [-0.3, -0.25) is 0 Å². The van der Waals surface area contributed by atoms with E-state index in [0.717, 1.165) is 10.4 Å². The summed E-state index contributed by atoms with van der Waals surface area (Å²) in [5, 5.41) is 5.03. The van der Waals surface area contributed by atoms with Crippen LogP contribution in [-0.2, 0) is 6.18 Å². The Morgan fingerprint density at radius 2 is 1.90 bits per heavy atom. The number of benzene rings is 1. The number of hydrogen-bond acceptors (Lipinski definition) is 2. The Hall–Kier alpha value is -0.850. The van der Waals surface area contributed by atoms with Crippen molar-refractivity contribution in [3.8, 4) is 0 Å². The number of hydrogen-bond donors (Lipinski definition) is 1. The summed E-state index contributed by atoms with van der Waals surface area (Å²) in [7, 11) is 1.74. The Morgan fingerprint density at radius 1 is 1.20 bits per heavy atom. The maximum atomic E-state index is 13.0. The predicted molar refractivity (Wildman–Crippen MR) is 79.1 cm³/mol. The smallest absolute Gasteiger partial charge is 0.309 e. The molecule has 0 saturated carbocycles. The zero-order chi connectivity index (χ0) is 14.9. The lowest BCUT2D eigenvalue weighted by molar-refractivity contribution is -0.138. The van der Waals surface area contributed by atoms with Crippen LogP contribution in [0.25, 0.3) is 0 Å². The number of halogens is 4. The molecule has 0 amide bonds. The van der Waals surface area contributed by atoms with Crippen molar-refractivity contribution in [2.75, 3.05) is 7.05 Å². The topological polar surface area (TPSA) is 12.0 Å². The third-order valence-electron chi connectivity index (χ3n) is 3.00. The van der Waals surface area contributed by atoms with Gasteiger partial charge in [-0.05, 0) is 48.7 Å². The number of aryl methyl sites for hydroxylation is 1. The molecule has 20 heavy (non-hydrogen) atoms. The van der Waals surface area contributed by atoms with Gasteiger partial charge in [0.25, 0.3) is 0 Å². The zero-order valence-corrected chi connectivity index (χ0v) is 13.3. The quantitative estimate of drug-likeness (QED) is 0.795. The lowest BCUT2D eigenvalue weighted by Crippen LogP contribution is -2.18. The van der Waals surface area contributed by atoms with Crippen LogP contribution in [0.5, 0.6) is 0 Å².